The average molecular weight is 423 g/mol. The summed E-state index contributed by atoms with van der Waals surface area (Å²) >= 11 is 0. The van der Waals surface area contributed by atoms with E-state index in [2.05, 4.69) is 5.32 Å². The number of amides is 1. The number of hydrogen-bond donors (Lipinski definition) is 2. The van der Waals surface area contributed by atoms with Crippen LogP contribution < -0.4 is 5.32 Å². The first kappa shape index (κ1) is 22.2. The molecule has 0 radical (unpaired) electrons. The summed E-state index contributed by atoms with van der Waals surface area (Å²) in [4.78, 5) is 13.0. The Morgan fingerprint density at radius 1 is 1.17 bits per heavy atom. The van der Waals surface area contributed by atoms with Gasteiger partial charge in [-0.2, -0.15) is 4.31 Å². The predicted octanol–water partition coefficient (Wildman–Crippen LogP) is 3.09. The maximum Gasteiger partial charge on any atom is 0.251 e. The lowest BCUT2D eigenvalue weighted by Crippen LogP contribution is -2.36. The first-order chi connectivity index (χ1) is 13.9. The van der Waals surface area contributed by atoms with E-state index < -0.39 is 10.0 Å². The van der Waals surface area contributed by atoms with E-state index >= 15 is 0 Å². The minimum Gasteiger partial charge on any atom is -0.396 e. The third-order valence-electron chi connectivity index (χ3n) is 6.36. The number of carbonyl (C=O) groups excluding carboxylic acids is 1. The number of carbonyl (C=O) groups is 1. The lowest BCUT2D eigenvalue weighted by Gasteiger charge is -2.26. The molecule has 1 aromatic rings. The molecule has 7 heteroatoms. The Morgan fingerprint density at radius 2 is 1.86 bits per heavy atom. The van der Waals surface area contributed by atoms with Crippen molar-refractivity contribution in [2.24, 2.45) is 11.8 Å². The van der Waals surface area contributed by atoms with Crippen molar-refractivity contribution in [2.45, 2.75) is 63.2 Å². The molecular weight excluding hydrogens is 388 g/mol. The smallest absolute Gasteiger partial charge is 0.251 e. The summed E-state index contributed by atoms with van der Waals surface area (Å²) in [6.07, 6.45) is 8.67. The maximum absolute atomic E-state index is 12.9. The van der Waals surface area contributed by atoms with Crippen LogP contribution in [0.1, 0.15) is 67.3 Å². The fourth-order valence-electron chi connectivity index (χ4n) is 4.53. The van der Waals surface area contributed by atoms with Crippen LogP contribution in [0.3, 0.4) is 0 Å². The monoisotopic (exact) mass is 422 g/mol. The molecule has 3 rings (SSSR count). The van der Waals surface area contributed by atoms with Crippen LogP contribution in [0.2, 0.25) is 0 Å². The van der Waals surface area contributed by atoms with Crippen LogP contribution in [-0.2, 0) is 10.0 Å². The summed E-state index contributed by atoms with van der Waals surface area (Å²) in [5.41, 5.74) is 1.14. The number of nitrogens with one attached hydrogen (secondary N) is 1. The van der Waals surface area contributed by atoms with Gasteiger partial charge in [0.2, 0.25) is 10.0 Å². The minimum absolute atomic E-state index is 0.0441. The van der Waals surface area contributed by atoms with E-state index in [-0.39, 0.29) is 23.3 Å². The van der Waals surface area contributed by atoms with Gasteiger partial charge in [0, 0.05) is 31.8 Å². The maximum atomic E-state index is 12.9. The number of aliphatic hydroxyl groups excluding tert-OH is 1. The number of sulfonamides is 1. The second-order valence-electron chi connectivity index (χ2n) is 8.59. The van der Waals surface area contributed by atoms with Gasteiger partial charge in [0.25, 0.3) is 5.91 Å². The van der Waals surface area contributed by atoms with Gasteiger partial charge in [0.15, 0.2) is 0 Å². The van der Waals surface area contributed by atoms with Crippen LogP contribution in [-0.4, -0.2) is 50.0 Å². The molecule has 0 aromatic heterocycles. The molecule has 1 aliphatic carbocycles. The number of rotatable bonds is 8. The molecule has 0 unspecified atom stereocenters. The fourth-order valence-corrected chi connectivity index (χ4v) is 6.08. The number of benzene rings is 1. The second kappa shape index (κ2) is 10.0. The van der Waals surface area contributed by atoms with E-state index in [9.17, 15) is 18.3 Å². The predicted molar refractivity (Wildman–Crippen MR) is 113 cm³/mol. The molecule has 1 saturated carbocycles. The number of aliphatic hydroxyl groups is 1. The van der Waals surface area contributed by atoms with E-state index in [1.807, 2.05) is 6.92 Å². The molecule has 1 heterocycles. The van der Waals surface area contributed by atoms with Crippen LogP contribution in [0.5, 0.6) is 0 Å². The van der Waals surface area contributed by atoms with E-state index in [0.29, 0.717) is 31.1 Å². The van der Waals surface area contributed by atoms with Crippen LogP contribution >= 0.6 is 0 Å². The molecule has 162 valence electrons. The van der Waals surface area contributed by atoms with Gasteiger partial charge in [0.05, 0.1) is 4.90 Å². The van der Waals surface area contributed by atoms with Crippen molar-refractivity contribution in [3.63, 3.8) is 0 Å². The normalized spacial score (nSPS) is 19.9. The Hall–Kier alpha value is -1.44. The number of piperidine rings is 1. The Morgan fingerprint density at radius 3 is 2.52 bits per heavy atom. The zero-order valence-corrected chi connectivity index (χ0v) is 18.2. The highest BCUT2D eigenvalue weighted by Crippen LogP contribution is 2.30. The lowest BCUT2D eigenvalue weighted by molar-refractivity contribution is 0.0934. The van der Waals surface area contributed by atoms with Gasteiger partial charge in [-0.15, -0.1) is 0 Å². The van der Waals surface area contributed by atoms with Gasteiger partial charge in [0.1, 0.15) is 0 Å². The Balaban J connectivity index is 1.67. The molecule has 0 spiro atoms. The van der Waals surface area contributed by atoms with Gasteiger partial charge in [-0.05, 0) is 55.7 Å². The number of aryl methyl sites for hydroxylation is 1. The standard InChI is InChI=1S/C22H34N2O4S/c1-17-9-10-20(29(27,28)24-11-5-2-6-12-24)14-21(17)22(26)23-15-19(16-25)13-18-7-3-4-8-18/h9-10,14,18-19,25H,2-8,11-13,15-16H2,1H3,(H,23,26)/t19-/m1/s1. The topological polar surface area (TPSA) is 86.7 Å². The summed E-state index contributed by atoms with van der Waals surface area (Å²) in [5.74, 6) is 0.412. The molecule has 1 aliphatic heterocycles. The summed E-state index contributed by atoms with van der Waals surface area (Å²) in [5, 5.41) is 12.6. The van der Waals surface area contributed by atoms with Gasteiger partial charge in [-0.25, -0.2) is 8.42 Å². The molecule has 2 N–H and O–H groups in total. The highest BCUT2D eigenvalue weighted by atomic mass is 32.2. The lowest BCUT2D eigenvalue weighted by atomic mass is 9.93. The summed E-state index contributed by atoms with van der Waals surface area (Å²) in [6.45, 7) is 3.36. The molecule has 0 bridgehead atoms. The zero-order chi connectivity index (χ0) is 20.9. The Labute approximate surface area is 174 Å². The van der Waals surface area contributed by atoms with E-state index in [0.717, 1.165) is 31.2 Å². The van der Waals surface area contributed by atoms with Gasteiger partial charge in [-0.1, -0.05) is 38.2 Å². The van der Waals surface area contributed by atoms with Crippen molar-refractivity contribution < 1.29 is 18.3 Å². The van der Waals surface area contributed by atoms with Crippen LogP contribution in [0.15, 0.2) is 23.1 Å². The highest BCUT2D eigenvalue weighted by Gasteiger charge is 2.27. The molecule has 29 heavy (non-hydrogen) atoms. The van der Waals surface area contributed by atoms with Crippen molar-refractivity contribution in [3.05, 3.63) is 29.3 Å². The molecule has 1 aromatic carbocycles. The average Bonchev–Trinajstić information content (AvgIpc) is 3.24. The Bertz CT molecular complexity index is 797. The van der Waals surface area contributed by atoms with Crippen molar-refractivity contribution in [1.82, 2.24) is 9.62 Å². The first-order valence-corrected chi connectivity index (χ1v) is 12.4. The SMILES string of the molecule is Cc1ccc(S(=O)(=O)N2CCCCC2)cc1C(=O)NC[C@H](CO)CC1CCCC1. The Kier molecular flexibility index (Phi) is 7.71. The molecule has 2 aliphatic rings. The fraction of sp³-hybridized carbons (Fsp3) is 0.682. The summed E-state index contributed by atoms with van der Waals surface area (Å²) in [6, 6.07) is 4.79. The second-order valence-corrected chi connectivity index (χ2v) is 10.5. The first-order valence-electron chi connectivity index (χ1n) is 10.9. The molecule has 1 amide bonds. The van der Waals surface area contributed by atoms with Gasteiger partial charge in [-0.3, -0.25) is 4.79 Å². The molecule has 2 fully saturated rings. The van der Waals surface area contributed by atoms with Crippen molar-refractivity contribution in [3.8, 4) is 0 Å². The van der Waals surface area contributed by atoms with Crippen LogP contribution in [0.25, 0.3) is 0 Å². The van der Waals surface area contributed by atoms with Crippen molar-refractivity contribution >= 4 is 15.9 Å². The largest absolute Gasteiger partial charge is 0.396 e. The van der Waals surface area contributed by atoms with E-state index in [1.54, 1.807) is 12.1 Å². The molecule has 6 nitrogen and oxygen atoms in total. The van der Waals surface area contributed by atoms with Crippen molar-refractivity contribution in [2.75, 3.05) is 26.2 Å². The van der Waals surface area contributed by atoms with Gasteiger partial charge >= 0.3 is 0 Å². The third-order valence-corrected chi connectivity index (χ3v) is 8.25. The van der Waals surface area contributed by atoms with Gasteiger partial charge < -0.3 is 10.4 Å². The molecule has 1 atom stereocenters. The quantitative estimate of drug-likeness (QED) is 0.674. The van der Waals surface area contributed by atoms with E-state index in [1.165, 1.54) is 36.1 Å². The molecular formula is C22H34N2O4S. The van der Waals surface area contributed by atoms with Crippen LogP contribution in [0, 0.1) is 18.8 Å². The number of nitrogens with zero attached hydrogens (tertiary/aromatic N) is 1. The highest BCUT2D eigenvalue weighted by molar-refractivity contribution is 7.89. The summed E-state index contributed by atoms with van der Waals surface area (Å²) in [7, 11) is -3.57. The van der Waals surface area contributed by atoms with Crippen LogP contribution in [0.4, 0.5) is 0 Å². The third kappa shape index (κ3) is 5.58. The number of hydrogen-bond acceptors (Lipinski definition) is 4. The summed E-state index contributed by atoms with van der Waals surface area (Å²) < 4.78 is 27.4. The van der Waals surface area contributed by atoms with E-state index in [4.69, 9.17) is 0 Å². The minimum atomic E-state index is -3.57. The molecule has 1 saturated heterocycles. The zero-order valence-electron chi connectivity index (χ0n) is 17.4. The van der Waals surface area contributed by atoms with Crippen molar-refractivity contribution in [1.29, 1.82) is 0 Å².